The Balaban J connectivity index is 2.71. The number of hydrogen-bond acceptors (Lipinski definition) is 11. The van der Waals surface area contributed by atoms with Crippen LogP contribution in [-0.4, -0.2) is 89.2 Å². The fourth-order valence-corrected chi connectivity index (χ4v) is 8.14. The number of carboxylic acids is 1. The van der Waals surface area contributed by atoms with E-state index < -0.39 is 67.3 Å². The zero-order valence-electron chi connectivity index (χ0n) is 45.6. The first-order valence-corrected chi connectivity index (χ1v) is 28.6. The number of aliphatic hydroxyl groups is 2. The lowest BCUT2D eigenvalue weighted by atomic mass is 9.98. The lowest BCUT2D eigenvalue weighted by Gasteiger charge is -2.40. The molecule has 0 aromatic carbocycles. The lowest BCUT2D eigenvalue weighted by Crippen LogP contribution is -2.61. The summed E-state index contributed by atoms with van der Waals surface area (Å²) in [5.41, 5.74) is 0. The van der Waals surface area contributed by atoms with Crippen LogP contribution in [0.5, 0.6) is 0 Å². The van der Waals surface area contributed by atoms with Gasteiger partial charge in [-0.15, -0.1) is 0 Å². The number of carboxylic acid groups (broad SMARTS) is 1. The maximum Gasteiger partial charge on any atom is 0.335 e. The highest BCUT2D eigenvalue weighted by atomic mass is 16.7. The molecule has 6 unspecified atom stereocenters. The number of rotatable bonds is 47. The van der Waals surface area contributed by atoms with Gasteiger partial charge in [-0.2, -0.15) is 0 Å². The number of aliphatic hydroxyl groups excluding tert-OH is 2. The van der Waals surface area contributed by atoms with Crippen molar-refractivity contribution in [3.63, 3.8) is 0 Å². The quantitative estimate of drug-likeness (QED) is 0.0228. The van der Waals surface area contributed by atoms with Gasteiger partial charge in [0.2, 0.25) is 0 Å². The molecule has 1 rings (SSSR count). The Labute approximate surface area is 441 Å². The predicted molar refractivity (Wildman–Crippen MR) is 294 cm³/mol. The fourth-order valence-electron chi connectivity index (χ4n) is 8.14. The van der Waals surface area contributed by atoms with Crippen molar-refractivity contribution in [1.82, 2.24) is 0 Å². The summed E-state index contributed by atoms with van der Waals surface area (Å²) in [4.78, 5) is 51.0. The van der Waals surface area contributed by atoms with Gasteiger partial charge in [-0.3, -0.25) is 14.4 Å². The van der Waals surface area contributed by atoms with E-state index in [-0.39, 0.29) is 25.9 Å². The van der Waals surface area contributed by atoms with Crippen molar-refractivity contribution in [2.24, 2.45) is 0 Å². The van der Waals surface area contributed by atoms with Crippen LogP contribution in [0.1, 0.15) is 226 Å². The van der Waals surface area contributed by atoms with Crippen LogP contribution in [0, 0.1) is 0 Å². The number of allylic oxidation sites excluding steroid dienone is 14. The van der Waals surface area contributed by atoms with Crippen LogP contribution in [0.4, 0.5) is 0 Å². The number of carbonyl (C=O) groups excluding carboxylic acids is 3. The monoisotopic (exact) mass is 1020 g/mol. The molecule has 1 aliphatic heterocycles. The highest BCUT2D eigenvalue weighted by Crippen LogP contribution is 2.26. The number of hydrogen-bond donors (Lipinski definition) is 3. The van der Waals surface area contributed by atoms with Gasteiger partial charge >= 0.3 is 23.9 Å². The Morgan fingerprint density at radius 1 is 0.466 bits per heavy atom. The molecule has 0 saturated carbocycles. The first kappa shape index (κ1) is 66.9. The van der Waals surface area contributed by atoms with Crippen molar-refractivity contribution in [1.29, 1.82) is 0 Å². The van der Waals surface area contributed by atoms with Crippen LogP contribution >= 0.6 is 0 Å². The third kappa shape index (κ3) is 39.0. The van der Waals surface area contributed by atoms with E-state index in [1.54, 1.807) is 0 Å². The zero-order chi connectivity index (χ0) is 53.3. The predicted octanol–water partition coefficient (Wildman–Crippen LogP) is 14.3. The second kappa shape index (κ2) is 48.8. The molecule has 73 heavy (non-hydrogen) atoms. The molecular weight excluding hydrogens is 925 g/mol. The molecule has 416 valence electrons. The van der Waals surface area contributed by atoms with Crippen LogP contribution in [0.15, 0.2) is 85.1 Å². The van der Waals surface area contributed by atoms with E-state index >= 15 is 0 Å². The van der Waals surface area contributed by atoms with Crippen molar-refractivity contribution in [2.45, 2.75) is 263 Å². The molecule has 0 aliphatic carbocycles. The van der Waals surface area contributed by atoms with Gasteiger partial charge < -0.3 is 39.0 Å². The smallest absolute Gasteiger partial charge is 0.335 e. The molecule has 0 aromatic heterocycles. The molecule has 1 aliphatic rings. The molecule has 0 aromatic rings. The van der Waals surface area contributed by atoms with Crippen molar-refractivity contribution in [3.8, 4) is 0 Å². The van der Waals surface area contributed by atoms with Crippen molar-refractivity contribution >= 4 is 23.9 Å². The van der Waals surface area contributed by atoms with Gasteiger partial charge in [0, 0.05) is 19.3 Å². The fraction of sp³-hybridized carbons (Fsp3) is 0.705. The van der Waals surface area contributed by atoms with Crippen LogP contribution in [-0.2, 0) is 42.9 Å². The van der Waals surface area contributed by atoms with Crippen LogP contribution in [0.3, 0.4) is 0 Å². The number of carbonyl (C=O) groups is 4. The number of esters is 3. The van der Waals surface area contributed by atoms with Crippen molar-refractivity contribution < 1.29 is 58.2 Å². The average Bonchev–Trinajstić information content (AvgIpc) is 3.37. The topological polar surface area (TPSA) is 175 Å². The SMILES string of the molecule is CC/C=C\C/C=C\C/C=C\C/C=C\CCCCCCC(=O)OC1C(OCC(COC(=O)CCCCCCC/C=C\C/C=C\C/C=C\CC)OC(=O)CCCCCCCCCCCCC)OC(C(=O)O)C(O)C1O. The standard InChI is InChI=1S/C61H100O12/c1-4-7-10-13-16-19-22-24-26-27-29-31-34-37-40-43-46-49-55(64)72-59-57(66)56(65)58(60(67)68)73-61(59)70-51-52(71-54(63)48-45-42-39-36-32-21-18-15-12-9-6-3)50-69-53(62)47-44-41-38-35-33-30-28-25-23-20-17-14-11-8-5-2/h7-8,10-11,16-17,19-20,24-26,28-29,31,52,56-59,61,65-66H,4-6,9,12-15,18,21-23,27,30,32-51H2,1-3H3,(H,67,68)/b10-7-,11-8-,19-16-,20-17-,26-24-,28-25-,31-29-. The van der Waals surface area contributed by atoms with E-state index in [1.165, 1.54) is 44.9 Å². The second-order valence-corrected chi connectivity index (χ2v) is 19.2. The summed E-state index contributed by atoms with van der Waals surface area (Å²) in [5.74, 6) is -3.17. The number of aliphatic carboxylic acids is 1. The van der Waals surface area contributed by atoms with E-state index in [0.717, 1.165) is 122 Å². The minimum Gasteiger partial charge on any atom is -0.479 e. The molecule has 0 bridgehead atoms. The first-order chi connectivity index (χ1) is 35.6. The molecule has 3 N–H and O–H groups in total. The summed E-state index contributed by atoms with van der Waals surface area (Å²) in [6.07, 6.45) is 49.8. The van der Waals surface area contributed by atoms with Crippen LogP contribution in [0.2, 0.25) is 0 Å². The van der Waals surface area contributed by atoms with Gasteiger partial charge in [0.15, 0.2) is 24.6 Å². The second-order valence-electron chi connectivity index (χ2n) is 19.2. The van der Waals surface area contributed by atoms with Crippen molar-refractivity contribution in [2.75, 3.05) is 13.2 Å². The maximum atomic E-state index is 13.1. The average molecular weight is 1030 g/mol. The molecular formula is C61H100O12. The largest absolute Gasteiger partial charge is 0.479 e. The summed E-state index contributed by atoms with van der Waals surface area (Å²) < 4.78 is 28.3. The first-order valence-electron chi connectivity index (χ1n) is 28.6. The van der Waals surface area contributed by atoms with Crippen LogP contribution < -0.4 is 0 Å². The molecule has 0 radical (unpaired) electrons. The van der Waals surface area contributed by atoms with Gasteiger partial charge in [0.25, 0.3) is 0 Å². The molecule has 12 nitrogen and oxygen atoms in total. The minimum absolute atomic E-state index is 0.0285. The highest BCUT2D eigenvalue weighted by molar-refractivity contribution is 5.74. The molecule has 1 saturated heterocycles. The molecule has 1 fully saturated rings. The number of ether oxygens (including phenoxy) is 5. The van der Waals surface area contributed by atoms with E-state index in [1.807, 2.05) is 0 Å². The highest BCUT2D eigenvalue weighted by Gasteiger charge is 2.50. The Morgan fingerprint density at radius 3 is 1.32 bits per heavy atom. The molecule has 0 spiro atoms. The third-order valence-electron chi connectivity index (χ3n) is 12.5. The molecule has 6 atom stereocenters. The van der Waals surface area contributed by atoms with E-state index in [9.17, 15) is 34.5 Å². The Morgan fingerprint density at radius 2 is 0.863 bits per heavy atom. The van der Waals surface area contributed by atoms with Gasteiger partial charge in [-0.05, 0) is 89.9 Å². The summed E-state index contributed by atoms with van der Waals surface area (Å²) in [7, 11) is 0. The molecule has 1 heterocycles. The Kier molecular flexibility index (Phi) is 44.7. The Hall–Kier alpha value is -4.10. The van der Waals surface area contributed by atoms with Gasteiger partial charge in [-0.1, -0.05) is 202 Å². The summed E-state index contributed by atoms with van der Waals surface area (Å²) in [6, 6.07) is 0. The number of unbranched alkanes of at least 4 members (excludes halogenated alkanes) is 19. The maximum absolute atomic E-state index is 13.1. The van der Waals surface area contributed by atoms with Gasteiger partial charge in [0.1, 0.15) is 18.8 Å². The van der Waals surface area contributed by atoms with Gasteiger partial charge in [-0.25, -0.2) is 4.79 Å². The minimum atomic E-state index is -1.92. The lowest BCUT2D eigenvalue weighted by molar-refractivity contribution is -0.301. The molecule has 0 amide bonds. The third-order valence-corrected chi connectivity index (χ3v) is 12.5. The normalized spacial score (nSPS) is 18.9. The Bertz CT molecular complexity index is 1590. The summed E-state index contributed by atoms with van der Waals surface area (Å²) in [5, 5.41) is 31.4. The van der Waals surface area contributed by atoms with Gasteiger partial charge in [0.05, 0.1) is 6.61 Å². The van der Waals surface area contributed by atoms with Crippen LogP contribution in [0.25, 0.3) is 0 Å². The summed E-state index contributed by atoms with van der Waals surface area (Å²) in [6.45, 7) is 5.72. The van der Waals surface area contributed by atoms with E-state index in [4.69, 9.17) is 23.7 Å². The zero-order valence-corrected chi connectivity index (χ0v) is 45.6. The van der Waals surface area contributed by atoms with Crippen molar-refractivity contribution in [3.05, 3.63) is 85.1 Å². The molecule has 12 heteroatoms. The van der Waals surface area contributed by atoms with E-state index in [0.29, 0.717) is 19.3 Å². The summed E-state index contributed by atoms with van der Waals surface area (Å²) >= 11 is 0. The van der Waals surface area contributed by atoms with E-state index in [2.05, 4.69) is 106 Å².